The second-order valence-corrected chi connectivity index (χ2v) is 7.15. The van der Waals surface area contributed by atoms with Gasteiger partial charge in [0, 0.05) is 26.1 Å². The van der Waals surface area contributed by atoms with E-state index >= 15 is 0 Å². The van der Waals surface area contributed by atoms with Crippen molar-refractivity contribution in [1.82, 2.24) is 4.90 Å². The van der Waals surface area contributed by atoms with Crippen molar-refractivity contribution in [3.05, 3.63) is 48.6 Å². The van der Waals surface area contributed by atoms with Gasteiger partial charge in [-0.05, 0) is 70.6 Å². The highest BCUT2D eigenvalue weighted by molar-refractivity contribution is 5.76. The zero-order valence-corrected chi connectivity index (χ0v) is 17.0. The molecule has 1 N–H and O–H groups in total. The molecule has 0 bridgehead atoms. The standard InChI is InChI=1S/C24H39NO2/c26-23-19-14-12-10-8-6-4-2-1-3-5-7-9-11-13-16-20-24(27)25-21-17-15-18-22-25/h2-5,8-11,26H,1,6-7,12-23H2/b4-2-,5-3-,10-8-,11-9-. The number of aliphatic hydroxyl groups excluding tert-OH is 1. The molecule has 0 spiro atoms. The Morgan fingerprint density at radius 2 is 1.22 bits per heavy atom. The topological polar surface area (TPSA) is 40.5 Å². The number of aliphatic hydroxyl groups is 1. The molecule has 0 aromatic rings. The molecule has 0 aromatic carbocycles. The minimum absolute atomic E-state index is 0.299. The fourth-order valence-corrected chi connectivity index (χ4v) is 3.10. The van der Waals surface area contributed by atoms with Gasteiger partial charge < -0.3 is 10.0 Å². The number of piperidine rings is 1. The monoisotopic (exact) mass is 373 g/mol. The summed E-state index contributed by atoms with van der Waals surface area (Å²) in [5, 5.41) is 8.69. The van der Waals surface area contributed by atoms with Gasteiger partial charge in [0.25, 0.3) is 0 Å². The third kappa shape index (κ3) is 14.2. The first-order chi connectivity index (χ1) is 13.3. The summed E-state index contributed by atoms with van der Waals surface area (Å²) in [5.74, 6) is 0.342. The van der Waals surface area contributed by atoms with Crippen molar-refractivity contribution >= 4 is 5.91 Å². The maximum absolute atomic E-state index is 12.0. The van der Waals surface area contributed by atoms with Crippen LogP contribution in [0.3, 0.4) is 0 Å². The number of hydrogen-bond donors (Lipinski definition) is 1. The van der Waals surface area contributed by atoms with Crippen LogP contribution in [0.25, 0.3) is 0 Å². The van der Waals surface area contributed by atoms with Gasteiger partial charge in [-0.3, -0.25) is 4.79 Å². The van der Waals surface area contributed by atoms with Crippen LogP contribution < -0.4 is 0 Å². The van der Waals surface area contributed by atoms with Crippen LogP contribution in [-0.2, 0) is 4.79 Å². The van der Waals surface area contributed by atoms with Crippen LogP contribution in [0.15, 0.2) is 48.6 Å². The van der Waals surface area contributed by atoms with Crippen molar-refractivity contribution in [2.45, 2.75) is 77.0 Å². The van der Waals surface area contributed by atoms with E-state index in [1.165, 1.54) is 19.3 Å². The fourth-order valence-electron chi connectivity index (χ4n) is 3.10. The first-order valence-corrected chi connectivity index (χ1v) is 10.8. The van der Waals surface area contributed by atoms with Gasteiger partial charge in [0.1, 0.15) is 0 Å². The van der Waals surface area contributed by atoms with E-state index < -0.39 is 0 Å². The first-order valence-electron chi connectivity index (χ1n) is 10.8. The molecule has 1 heterocycles. The molecule has 1 aliphatic rings. The Hall–Kier alpha value is -1.61. The van der Waals surface area contributed by atoms with Crippen molar-refractivity contribution in [2.75, 3.05) is 19.7 Å². The number of amides is 1. The van der Waals surface area contributed by atoms with Gasteiger partial charge in [-0.2, -0.15) is 0 Å². The molecular formula is C24H39NO2. The predicted molar refractivity (Wildman–Crippen MR) is 116 cm³/mol. The normalized spacial score (nSPS) is 15.8. The summed E-state index contributed by atoms with van der Waals surface area (Å²) in [6.45, 7) is 2.23. The predicted octanol–water partition coefficient (Wildman–Crippen LogP) is 5.73. The van der Waals surface area contributed by atoms with Crippen LogP contribution in [0.5, 0.6) is 0 Å². The molecule has 0 aliphatic carbocycles. The van der Waals surface area contributed by atoms with Crippen molar-refractivity contribution < 1.29 is 9.90 Å². The Labute approximate surface area is 166 Å². The molecule has 1 rings (SSSR count). The number of rotatable bonds is 14. The number of hydrogen-bond acceptors (Lipinski definition) is 2. The summed E-state index contributed by atoms with van der Waals surface area (Å²) in [4.78, 5) is 14.1. The molecule has 1 saturated heterocycles. The van der Waals surface area contributed by atoms with Crippen LogP contribution in [0.4, 0.5) is 0 Å². The van der Waals surface area contributed by atoms with Crippen LogP contribution >= 0.6 is 0 Å². The van der Waals surface area contributed by atoms with E-state index in [0.29, 0.717) is 18.9 Å². The molecule has 0 radical (unpaired) electrons. The lowest BCUT2D eigenvalue weighted by molar-refractivity contribution is -0.132. The number of carbonyl (C=O) groups is 1. The zero-order chi connectivity index (χ0) is 19.4. The Morgan fingerprint density at radius 1 is 0.704 bits per heavy atom. The number of allylic oxidation sites excluding steroid dienone is 8. The van der Waals surface area contributed by atoms with Crippen LogP contribution in [0.2, 0.25) is 0 Å². The van der Waals surface area contributed by atoms with E-state index in [4.69, 9.17) is 5.11 Å². The third-order valence-electron chi connectivity index (χ3n) is 4.73. The van der Waals surface area contributed by atoms with Crippen molar-refractivity contribution in [3.63, 3.8) is 0 Å². The maximum atomic E-state index is 12.0. The lowest BCUT2D eigenvalue weighted by atomic mass is 10.1. The molecule has 3 heteroatoms. The molecule has 0 unspecified atom stereocenters. The summed E-state index contributed by atoms with van der Waals surface area (Å²) in [5.41, 5.74) is 0. The van der Waals surface area contributed by atoms with Gasteiger partial charge in [-0.25, -0.2) is 0 Å². The van der Waals surface area contributed by atoms with Crippen molar-refractivity contribution in [1.29, 1.82) is 0 Å². The van der Waals surface area contributed by atoms with Gasteiger partial charge in [-0.1, -0.05) is 48.6 Å². The lowest BCUT2D eigenvalue weighted by Gasteiger charge is -2.26. The summed E-state index contributed by atoms with van der Waals surface area (Å²) in [7, 11) is 0. The van der Waals surface area contributed by atoms with Crippen LogP contribution in [0.1, 0.15) is 77.0 Å². The number of nitrogens with zero attached hydrogens (tertiary/aromatic N) is 1. The van der Waals surface area contributed by atoms with E-state index in [1.807, 2.05) is 4.90 Å². The molecular weight excluding hydrogens is 334 g/mol. The van der Waals surface area contributed by atoms with E-state index in [1.54, 1.807) is 0 Å². The van der Waals surface area contributed by atoms with E-state index in [9.17, 15) is 4.79 Å². The number of carbonyl (C=O) groups excluding carboxylic acids is 1. The SMILES string of the molecule is O=C(CCC/C=C\C/C=C\C/C=C\C/C=C\CCCCO)N1CCCCC1. The molecule has 1 fully saturated rings. The molecule has 3 nitrogen and oxygen atoms in total. The van der Waals surface area contributed by atoms with Gasteiger partial charge in [0.15, 0.2) is 0 Å². The van der Waals surface area contributed by atoms with Crippen molar-refractivity contribution in [2.24, 2.45) is 0 Å². The highest BCUT2D eigenvalue weighted by atomic mass is 16.2. The van der Waals surface area contributed by atoms with E-state index in [-0.39, 0.29) is 0 Å². The molecule has 1 aliphatic heterocycles. The Morgan fingerprint density at radius 3 is 1.78 bits per heavy atom. The highest BCUT2D eigenvalue weighted by Crippen LogP contribution is 2.11. The van der Waals surface area contributed by atoms with Gasteiger partial charge in [-0.15, -0.1) is 0 Å². The average Bonchev–Trinajstić information content (AvgIpc) is 2.70. The number of likely N-dealkylation sites (tertiary alicyclic amines) is 1. The molecule has 0 saturated carbocycles. The molecule has 152 valence electrons. The summed E-state index contributed by atoms with van der Waals surface area (Å²) in [6, 6.07) is 0. The fraction of sp³-hybridized carbons (Fsp3) is 0.625. The summed E-state index contributed by atoms with van der Waals surface area (Å²) >= 11 is 0. The Kier molecular flexibility index (Phi) is 15.4. The maximum Gasteiger partial charge on any atom is 0.222 e. The third-order valence-corrected chi connectivity index (χ3v) is 4.73. The van der Waals surface area contributed by atoms with Gasteiger partial charge in [0.05, 0.1) is 0 Å². The van der Waals surface area contributed by atoms with Gasteiger partial charge in [0.2, 0.25) is 5.91 Å². The van der Waals surface area contributed by atoms with Crippen molar-refractivity contribution in [3.8, 4) is 0 Å². The smallest absolute Gasteiger partial charge is 0.222 e. The largest absolute Gasteiger partial charge is 0.396 e. The summed E-state index contributed by atoms with van der Waals surface area (Å²) in [6.07, 6.45) is 29.8. The molecule has 0 aromatic heterocycles. The second-order valence-electron chi connectivity index (χ2n) is 7.15. The number of unbranched alkanes of at least 4 members (excludes halogenated alkanes) is 3. The molecule has 27 heavy (non-hydrogen) atoms. The minimum atomic E-state index is 0.299. The first kappa shape index (κ1) is 23.4. The van der Waals surface area contributed by atoms with Crippen LogP contribution in [-0.4, -0.2) is 35.6 Å². The lowest BCUT2D eigenvalue weighted by Crippen LogP contribution is -2.35. The van der Waals surface area contributed by atoms with E-state index in [0.717, 1.165) is 64.5 Å². The minimum Gasteiger partial charge on any atom is -0.396 e. The average molecular weight is 374 g/mol. The van der Waals surface area contributed by atoms with Gasteiger partial charge >= 0.3 is 0 Å². The highest BCUT2D eigenvalue weighted by Gasteiger charge is 2.15. The quantitative estimate of drug-likeness (QED) is 0.312. The molecule has 1 amide bonds. The Bertz CT molecular complexity index is 471. The van der Waals surface area contributed by atoms with E-state index in [2.05, 4.69) is 48.6 Å². The zero-order valence-electron chi connectivity index (χ0n) is 17.0. The van der Waals surface area contributed by atoms with Crippen LogP contribution in [0, 0.1) is 0 Å². The molecule has 0 atom stereocenters. The second kappa shape index (κ2) is 17.8. The Balaban J connectivity index is 1.92. The summed E-state index contributed by atoms with van der Waals surface area (Å²) < 4.78 is 0.